The van der Waals surface area contributed by atoms with Crippen molar-refractivity contribution < 1.29 is 0 Å². The second-order valence-corrected chi connectivity index (χ2v) is 6.84. The second-order valence-electron chi connectivity index (χ2n) is 5.47. The SMILES string of the molecule is Cc1ccc(CN2CCC(CNC(C)C)C2)s1. The van der Waals surface area contributed by atoms with Crippen LogP contribution in [0.2, 0.25) is 0 Å². The van der Waals surface area contributed by atoms with Crippen molar-refractivity contribution >= 4 is 11.3 Å². The maximum absolute atomic E-state index is 3.55. The number of likely N-dealkylation sites (tertiary alicyclic amines) is 1. The lowest BCUT2D eigenvalue weighted by atomic mass is 10.1. The second kappa shape index (κ2) is 5.98. The van der Waals surface area contributed by atoms with Gasteiger partial charge in [0.15, 0.2) is 0 Å². The van der Waals surface area contributed by atoms with Crippen LogP contribution in [0.1, 0.15) is 30.0 Å². The summed E-state index contributed by atoms with van der Waals surface area (Å²) >= 11 is 1.94. The summed E-state index contributed by atoms with van der Waals surface area (Å²) in [6.07, 6.45) is 1.35. The van der Waals surface area contributed by atoms with Gasteiger partial charge in [0, 0.05) is 28.9 Å². The van der Waals surface area contributed by atoms with E-state index in [1.54, 1.807) is 0 Å². The molecule has 1 unspecified atom stereocenters. The van der Waals surface area contributed by atoms with E-state index in [1.165, 1.54) is 35.8 Å². The maximum Gasteiger partial charge on any atom is 0.0328 e. The van der Waals surface area contributed by atoms with Gasteiger partial charge in [-0.2, -0.15) is 0 Å². The smallest absolute Gasteiger partial charge is 0.0328 e. The number of rotatable bonds is 5. The summed E-state index contributed by atoms with van der Waals surface area (Å²) in [5.74, 6) is 0.846. The molecule has 1 aliphatic rings. The lowest BCUT2D eigenvalue weighted by Gasteiger charge is -2.16. The first-order valence-electron chi connectivity index (χ1n) is 6.64. The number of aryl methyl sites for hydroxylation is 1. The number of nitrogens with one attached hydrogen (secondary N) is 1. The number of thiophene rings is 1. The summed E-state index contributed by atoms with van der Waals surface area (Å²) < 4.78 is 0. The summed E-state index contributed by atoms with van der Waals surface area (Å²) in [4.78, 5) is 5.54. The van der Waals surface area contributed by atoms with E-state index in [0.717, 1.165) is 12.5 Å². The molecule has 1 aromatic rings. The molecule has 0 radical (unpaired) electrons. The highest BCUT2D eigenvalue weighted by Crippen LogP contribution is 2.22. The Bertz CT molecular complexity index is 346. The van der Waals surface area contributed by atoms with Crippen molar-refractivity contribution in [1.29, 1.82) is 0 Å². The third-order valence-corrected chi connectivity index (χ3v) is 4.35. The molecule has 1 aromatic heterocycles. The predicted molar refractivity (Wildman–Crippen MR) is 75.6 cm³/mol. The third-order valence-electron chi connectivity index (χ3n) is 3.36. The van der Waals surface area contributed by atoms with Crippen molar-refractivity contribution in [3.63, 3.8) is 0 Å². The molecule has 1 aliphatic heterocycles. The van der Waals surface area contributed by atoms with Crippen LogP contribution in [0.25, 0.3) is 0 Å². The summed E-state index contributed by atoms with van der Waals surface area (Å²) in [6, 6.07) is 5.12. The minimum Gasteiger partial charge on any atom is -0.314 e. The van der Waals surface area contributed by atoms with E-state index in [4.69, 9.17) is 0 Å². The molecule has 3 heteroatoms. The normalized spacial score (nSPS) is 21.5. The van der Waals surface area contributed by atoms with Gasteiger partial charge in [-0.05, 0) is 44.5 Å². The molecular weight excluding hydrogens is 228 g/mol. The van der Waals surface area contributed by atoms with Gasteiger partial charge in [0.2, 0.25) is 0 Å². The lowest BCUT2D eigenvalue weighted by Crippen LogP contribution is -2.30. The highest BCUT2D eigenvalue weighted by atomic mass is 32.1. The van der Waals surface area contributed by atoms with Crippen molar-refractivity contribution in [3.05, 3.63) is 21.9 Å². The van der Waals surface area contributed by atoms with Crippen LogP contribution in [0.4, 0.5) is 0 Å². The molecule has 1 saturated heterocycles. The Kier molecular flexibility index (Phi) is 4.60. The molecule has 1 atom stereocenters. The molecule has 0 bridgehead atoms. The molecule has 2 rings (SSSR count). The fraction of sp³-hybridized carbons (Fsp3) is 0.714. The molecule has 0 aromatic carbocycles. The van der Waals surface area contributed by atoms with Gasteiger partial charge in [0.25, 0.3) is 0 Å². The lowest BCUT2D eigenvalue weighted by molar-refractivity contribution is 0.315. The zero-order chi connectivity index (χ0) is 12.3. The molecule has 0 amide bonds. The van der Waals surface area contributed by atoms with Crippen LogP contribution >= 0.6 is 11.3 Å². The average Bonchev–Trinajstić information content (AvgIpc) is 2.86. The average molecular weight is 252 g/mol. The zero-order valence-electron chi connectivity index (χ0n) is 11.2. The molecule has 0 saturated carbocycles. The summed E-state index contributed by atoms with van der Waals surface area (Å²) in [5, 5.41) is 3.55. The van der Waals surface area contributed by atoms with Gasteiger partial charge in [0.05, 0.1) is 0 Å². The van der Waals surface area contributed by atoms with Crippen LogP contribution in [0, 0.1) is 12.8 Å². The van der Waals surface area contributed by atoms with Crippen LogP contribution in [0.5, 0.6) is 0 Å². The van der Waals surface area contributed by atoms with Gasteiger partial charge in [-0.15, -0.1) is 11.3 Å². The first kappa shape index (κ1) is 13.1. The van der Waals surface area contributed by atoms with Crippen LogP contribution < -0.4 is 5.32 Å². The Hall–Kier alpha value is -0.380. The summed E-state index contributed by atoms with van der Waals surface area (Å²) in [5.41, 5.74) is 0. The maximum atomic E-state index is 3.55. The minimum absolute atomic E-state index is 0.615. The van der Waals surface area contributed by atoms with Crippen molar-refractivity contribution in [2.24, 2.45) is 5.92 Å². The quantitative estimate of drug-likeness (QED) is 0.867. The highest BCUT2D eigenvalue weighted by Gasteiger charge is 2.22. The van der Waals surface area contributed by atoms with Crippen molar-refractivity contribution in [1.82, 2.24) is 10.2 Å². The highest BCUT2D eigenvalue weighted by molar-refractivity contribution is 7.11. The van der Waals surface area contributed by atoms with E-state index in [1.807, 2.05) is 11.3 Å². The molecular formula is C14H24N2S. The first-order chi connectivity index (χ1) is 8.13. The Labute approximate surface area is 109 Å². The van der Waals surface area contributed by atoms with E-state index < -0.39 is 0 Å². The van der Waals surface area contributed by atoms with E-state index in [-0.39, 0.29) is 0 Å². The Balaban J connectivity index is 1.74. The van der Waals surface area contributed by atoms with Crippen molar-refractivity contribution in [2.75, 3.05) is 19.6 Å². The topological polar surface area (TPSA) is 15.3 Å². The van der Waals surface area contributed by atoms with Gasteiger partial charge >= 0.3 is 0 Å². The fourth-order valence-corrected chi connectivity index (χ4v) is 3.35. The Morgan fingerprint density at radius 2 is 2.29 bits per heavy atom. The zero-order valence-corrected chi connectivity index (χ0v) is 12.0. The van der Waals surface area contributed by atoms with E-state index in [9.17, 15) is 0 Å². The number of hydrogen-bond acceptors (Lipinski definition) is 3. The largest absolute Gasteiger partial charge is 0.314 e. The van der Waals surface area contributed by atoms with Crippen LogP contribution in [-0.4, -0.2) is 30.6 Å². The van der Waals surface area contributed by atoms with Crippen molar-refractivity contribution in [3.8, 4) is 0 Å². The minimum atomic E-state index is 0.615. The van der Waals surface area contributed by atoms with Crippen LogP contribution in [-0.2, 0) is 6.54 Å². The van der Waals surface area contributed by atoms with Gasteiger partial charge in [0.1, 0.15) is 0 Å². The first-order valence-corrected chi connectivity index (χ1v) is 7.46. The van der Waals surface area contributed by atoms with Gasteiger partial charge < -0.3 is 5.32 Å². The molecule has 1 fully saturated rings. The predicted octanol–water partition coefficient (Wildman–Crippen LogP) is 2.88. The van der Waals surface area contributed by atoms with E-state index in [0.29, 0.717) is 6.04 Å². The van der Waals surface area contributed by atoms with Crippen molar-refractivity contribution in [2.45, 2.75) is 39.8 Å². The summed E-state index contributed by atoms with van der Waals surface area (Å²) in [6.45, 7) is 11.5. The molecule has 2 nitrogen and oxygen atoms in total. The molecule has 0 spiro atoms. The van der Waals surface area contributed by atoms with Gasteiger partial charge in [-0.25, -0.2) is 0 Å². The van der Waals surface area contributed by atoms with E-state index in [2.05, 4.69) is 43.1 Å². The van der Waals surface area contributed by atoms with Crippen LogP contribution in [0.15, 0.2) is 12.1 Å². The summed E-state index contributed by atoms with van der Waals surface area (Å²) in [7, 11) is 0. The standard InChI is InChI=1S/C14H24N2S/c1-11(2)15-8-13-6-7-16(9-13)10-14-5-4-12(3)17-14/h4-5,11,13,15H,6-10H2,1-3H3. The van der Waals surface area contributed by atoms with Crippen LogP contribution in [0.3, 0.4) is 0 Å². The van der Waals surface area contributed by atoms with Gasteiger partial charge in [-0.3, -0.25) is 4.90 Å². The third kappa shape index (κ3) is 4.09. The Morgan fingerprint density at radius 1 is 1.47 bits per heavy atom. The number of hydrogen-bond donors (Lipinski definition) is 1. The molecule has 2 heterocycles. The van der Waals surface area contributed by atoms with E-state index >= 15 is 0 Å². The number of nitrogens with zero attached hydrogens (tertiary/aromatic N) is 1. The molecule has 96 valence electrons. The molecule has 17 heavy (non-hydrogen) atoms. The van der Waals surface area contributed by atoms with Gasteiger partial charge in [-0.1, -0.05) is 13.8 Å². The fourth-order valence-electron chi connectivity index (χ4n) is 2.42. The molecule has 0 aliphatic carbocycles. The molecule has 1 N–H and O–H groups in total. The monoisotopic (exact) mass is 252 g/mol. The Morgan fingerprint density at radius 3 is 2.94 bits per heavy atom.